The Hall–Kier alpha value is -3.38. The molecule has 0 amide bonds. The Kier molecular flexibility index (Phi) is 6.47. The first-order valence-electron chi connectivity index (χ1n) is 11.5. The van der Waals surface area contributed by atoms with E-state index >= 15 is 0 Å². The van der Waals surface area contributed by atoms with Gasteiger partial charge in [0.25, 0.3) is 0 Å². The van der Waals surface area contributed by atoms with Gasteiger partial charge in [-0.25, -0.2) is 9.97 Å². The van der Waals surface area contributed by atoms with Gasteiger partial charge in [0.15, 0.2) is 5.60 Å². The fourth-order valence-corrected chi connectivity index (χ4v) is 5.13. The van der Waals surface area contributed by atoms with Crippen molar-refractivity contribution in [2.45, 2.75) is 18.9 Å². The molecular weight excluding hydrogens is 493 g/mol. The number of hydrogen-bond donors (Lipinski definition) is 1. The van der Waals surface area contributed by atoms with Gasteiger partial charge in [0.1, 0.15) is 10.9 Å². The molecule has 1 atom stereocenters. The quantitative estimate of drug-likeness (QED) is 0.262. The van der Waals surface area contributed by atoms with Gasteiger partial charge in [-0.2, -0.15) is 0 Å². The maximum absolute atomic E-state index is 12.3. The van der Waals surface area contributed by atoms with E-state index in [9.17, 15) is 5.11 Å². The molecule has 0 aliphatic carbocycles. The Labute approximate surface area is 219 Å². The predicted molar refractivity (Wildman–Crippen MR) is 144 cm³/mol. The van der Waals surface area contributed by atoms with Crippen LogP contribution >= 0.6 is 23.2 Å². The number of fused-ring (bicyclic) bond motifs is 1. The van der Waals surface area contributed by atoms with Crippen LogP contribution in [-0.4, -0.2) is 26.8 Å². The largest absolute Gasteiger partial charge is 0.497 e. The van der Waals surface area contributed by atoms with Crippen molar-refractivity contribution in [3.05, 3.63) is 123 Å². The van der Waals surface area contributed by atoms with Crippen molar-refractivity contribution in [3.63, 3.8) is 0 Å². The Balaban J connectivity index is 1.66. The SMILES string of the molecule is COc1ccc(Cc2c(Cl)nc3ccc(C(O)(c4ccc(C)cc4)c4cncn4C)cc3c2Cl)cc1. The molecule has 3 aromatic carbocycles. The van der Waals surface area contributed by atoms with Crippen molar-refractivity contribution < 1.29 is 9.84 Å². The van der Waals surface area contributed by atoms with Crippen LogP contribution in [-0.2, 0) is 19.1 Å². The average Bonchev–Trinajstić information content (AvgIpc) is 3.33. The molecule has 0 radical (unpaired) electrons. The van der Waals surface area contributed by atoms with Gasteiger partial charge in [-0.05, 0) is 47.9 Å². The fourth-order valence-electron chi connectivity index (χ4n) is 4.52. The summed E-state index contributed by atoms with van der Waals surface area (Å²) in [6, 6.07) is 21.2. The maximum Gasteiger partial charge on any atom is 0.156 e. The summed E-state index contributed by atoms with van der Waals surface area (Å²) in [6.45, 7) is 2.02. The Morgan fingerprint density at radius 1 is 0.972 bits per heavy atom. The molecule has 5 rings (SSSR count). The molecule has 1 unspecified atom stereocenters. The van der Waals surface area contributed by atoms with Crippen LogP contribution in [0.15, 0.2) is 79.3 Å². The van der Waals surface area contributed by atoms with Crippen LogP contribution in [0.5, 0.6) is 5.75 Å². The molecule has 0 aliphatic heterocycles. The van der Waals surface area contributed by atoms with E-state index < -0.39 is 5.60 Å². The van der Waals surface area contributed by atoms with Crippen LogP contribution in [0.2, 0.25) is 10.2 Å². The third-order valence-corrected chi connectivity index (χ3v) is 7.32. The van der Waals surface area contributed by atoms with Gasteiger partial charge in [0.2, 0.25) is 0 Å². The lowest BCUT2D eigenvalue weighted by Crippen LogP contribution is -2.31. The van der Waals surface area contributed by atoms with Gasteiger partial charge in [-0.3, -0.25) is 0 Å². The molecule has 0 saturated heterocycles. The molecule has 2 aromatic heterocycles. The van der Waals surface area contributed by atoms with Crippen LogP contribution in [0, 0.1) is 6.92 Å². The zero-order valence-electron chi connectivity index (χ0n) is 20.2. The zero-order chi connectivity index (χ0) is 25.4. The third-order valence-electron chi connectivity index (χ3n) is 6.58. The van der Waals surface area contributed by atoms with Crippen LogP contribution in [0.3, 0.4) is 0 Å². The summed E-state index contributed by atoms with van der Waals surface area (Å²) < 4.78 is 7.08. The Morgan fingerprint density at radius 2 is 1.67 bits per heavy atom. The molecule has 5 nitrogen and oxygen atoms in total. The number of nitrogens with zero attached hydrogens (tertiary/aromatic N) is 3. The number of aromatic nitrogens is 3. The Bertz CT molecular complexity index is 1550. The van der Waals surface area contributed by atoms with Gasteiger partial charge < -0.3 is 14.4 Å². The highest BCUT2D eigenvalue weighted by atomic mass is 35.5. The monoisotopic (exact) mass is 517 g/mol. The van der Waals surface area contributed by atoms with E-state index in [-0.39, 0.29) is 0 Å². The fraction of sp³-hybridized carbons (Fsp3) is 0.172. The van der Waals surface area contributed by atoms with E-state index in [1.54, 1.807) is 19.6 Å². The van der Waals surface area contributed by atoms with E-state index in [0.717, 1.165) is 33.4 Å². The zero-order valence-corrected chi connectivity index (χ0v) is 21.7. The topological polar surface area (TPSA) is 60.2 Å². The van der Waals surface area contributed by atoms with Gasteiger partial charge >= 0.3 is 0 Å². The summed E-state index contributed by atoms with van der Waals surface area (Å²) in [5, 5.41) is 13.9. The lowest BCUT2D eigenvalue weighted by atomic mass is 9.82. The Morgan fingerprint density at radius 3 is 2.31 bits per heavy atom. The number of methoxy groups -OCH3 is 1. The van der Waals surface area contributed by atoms with Crippen molar-refractivity contribution in [1.82, 2.24) is 14.5 Å². The van der Waals surface area contributed by atoms with Crippen molar-refractivity contribution in [2.75, 3.05) is 7.11 Å². The number of halogens is 2. The van der Waals surface area contributed by atoms with Crippen molar-refractivity contribution >= 4 is 34.1 Å². The lowest BCUT2D eigenvalue weighted by molar-refractivity contribution is 0.117. The third kappa shape index (κ3) is 4.24. The van der Waals surface area contributed by atoms with E-state index in [1.165, 1.54) is 0 Å². The number of ether oxygens (including phenoxy) is 1. The van der Waals surface area contributed by atoms with Crippen LogP contribution in [0.1, 0.15) is 33.5 Å². The number of imidazole rings is 1. The van der Waals surface area contributed by atoms with E-state index in [1.807, 2.05) is 85.3 Å². The molecule has 0 aliphatic rings. The van der Waals surface area contributed by atoms with E-state index in [0.29, 0.717) is 33.4 Å². The smallest absolute Gasteiger partial charge is 0.156 e. The summed E-state index contributed by atoms with van der Waals surface area (Å²) in [6.07, 6.45) is 3.87. The summed E-state index contributed by atoms with van der Waals surface area (Å²) in [5.41, 5.74) is 4.10. The second-order valence-electron chi connectivity index (χ2n) is 8.92. The summed E-state index contributed by atoms with van der Waals surface area (Å²) in [4.78, 5) is 8.87. The second-order valence-corrected chi connectivity index (χ2v) is 9.65. The number of pyridine rings is 1. The highest BCUT2D eigenvalue weighted by Crippen LogP contribution is 2.40. The first-order valence-corrected chi connectivity index (χ1v) is 12.2. The highest BCUT2D eigenvalue weighted by molar-refractivity contribution is 6.39. The number of hydrogen-bond acceptors (Lipinski definition) is 4. The molecule has 0 spiro atoms. The molecule has 7 heteroatoms. The van der Waals surface area contributed by atoms with Crippen LogP contribution in [0.25, 0.3) is 10.9 Å². The number of rotatable bonds is 6. The molecule has 1 N–H and O–H groups in total. The minimum Gasteiger partial charge on any atom is -0.497 e. The van der Waals surface area contributed by atoms with Crippen molar-refractivity contribution in [2.24, 2.45) is 7.05 Å². The van der Waals surface area contributed by atoms with Gasteiger partial charge in [-0.15, -0.1) is 0 Å². The lowest BCUT2D eigenvalue weighted by Gasteiger charge is -2.30. The van der Waals surface area contributed by atoms with E-state index in [2.05, 4.69) is 9.97 Å². The molecule has 5 aromatic rings. The average molecular weight is 518 g/mol. The van der Waals surface area contributed by atoms with Gasteiger partial charge in [-0.1, -0.05) is 71.2 Å². The van der Waals surface area contributed by atoms with Gasteiger partial charge in [0, 0.05) is 24.4 Å². The normalized spacial score (nSPS) is 13.1. The number of aliphatic hydroxyl groups is 1. The molecular formula is C29H25Cl2N3O2. The van der Waals surface area contributed by atoms with Crippen molar-refractivity contribution in [3.8, 4) is 5.75 Å². The minimum absolute atomic E-state index is 0.358. The number of benzene rings is 3. The maximum atomic E-state index is 12.3. The molecule has 36 heavy (non-hydrogen) atoms. The van der Waals surface area contributed by atoms with Crippen LogP contribution < -0.4 is 4.74 Å². The summed E-state index contributed by atoms with van der Waals surface area (Å²) in [5.74, 6) is 0.780. The molecule has 0 fully saturated rings. The minimum atomic E-state index is -1.45. The van der Waals surface area contributed by atoms with E-state index in [4.69, 9.17) is 27.9 Å². The molecule has 2 heterocycles. The summed E-state index contributed by atoms with van der Waals surface area (Å²) in [7, 11) is 3.50. The number of aryl methyl sites for hydroxylation is 2. The molecule has 182 valence electrons. The molecule has 0 saturated carbocycles. The second kappa shape index (κ2) is 9.58. The highest BCUT2D eigenvalue weighted by Gasteiger charge is 2.37. The standard InChI is InChI=1S/C29H25Cl2N3O2/c1-18-4-8-20(9-5-18)29(35,26-16-32-17-34(26)2)21-10-13-25-23(15-21)27(30)24(28(31)33-25)14-19-6-11-22(36-3)12-7-19/h4-13,15-17,35H,14H2,1-3H3. The predicted octanol–water partition coefficient (Wildman–Crippen LogP) is 6.47. The first-order chi connectivity index (χ1) is 17.3. The molecule has 0 bridgehead atoms. The van der Waals surface area contributed by atoms with Crippen molar-refractivity contribution in [1.29, 1.82) is 0 Å². The summed E-state index contributed by atoms with van der Waals surface area (Å²) >= 11 is 13.5. The van der Waals surface area contributed by atoms with Gasteiger partial charge in [0.05, 0.1) is 35.9 Å². The van der Waals surface area contributed by atoms with Crippen LogP contribution in [0.4, 0.5) is 0 Å². The first kappa shape index (κ1) is 24.3.